The van der Waals surface area contributed by atoms with Crippen LogP contribution in [-0.4, -0.2) is 36.6 Å². The van der Waals surface area contributed by atoms with Gasteiger partial charge < -0.3 is 10.2 Å². The van der Waals surface area contributed by atoms with E-state index in [2.05, 4.69) is 31.0 Å². The molecular weight excluding hydrogens is 232 g/mol. The van der Waals surface area contributed by atoms with E-state index < -0.39 is 0 Å². The van der Waals surface area contributed by atoms with Gasteiger partial charge in [-0.25, -0.2) is 0 Å². The summed E-state index contributed by atoms with van der Waals surface area (Å²) < 4.78 is 0. The molecule has 1 aliphatic heterocycles. The highest BCUT2D eigenvalue weighted by molar-refractivity contribution is 4.87. The predicted molar refractivity (Wildman–Crippen MR) is 83.5 cm³/mol. The summed E-state index contributed by atoms with van der Waals surface area (Å²) >= 11 is 0. The van der Waals surface area contributed by atoms with Gasteiger partial charge in [-0.15, -0.1) is 0 Å². The minimum atomic E-state index is 0.759. The second-order valence-corrected chi connectivity index (χ2v) is 6.96. The van der Waals surface area contributed by atoms with Crippen LogP contribution in [0.5, 0.6) is 0 Å². The monoisotopic (exact) mass is 266 g/mol. The molecule has 19 heavy (non-hydrogen) atoms. The van der Waals surface area contributed by atoms with Crippen molar-refractivity contribution in [2.75, 3.05) is 19.6 Å². The highest BCUT2D eigenvalue weighted by atomic mass is 15.2. The Bertz CT molecular complexity index is 248. The fraction of sp³-hybridized carbons (Fsp3) is 1.00. The van der Waals surface area contributed by atoms with E-state index in [0.29, 0.717) is 0 Å². The van der Waals surface area contributed by atoms with Gasteiger partial charge in [0.1, 0.15) is 0 Å². The molecule has 3 unspecified atom stereocenters. The Morgan fingerprint density at radius 2 is 1.89 bits per heavy atom. The Morgan fingerprint density at radius 1 is 1.16 bits per heavy atom. The van der Waals surface area contributed by atoms with Gasteiger partial charge in [-0.3, -0.25) is 0 Å². The number of nitrogens with zero attached hydrogens (tertiary/aromatic N) is 1. The largest absolute Gasteiger partial charge is 0.314 e. The zero-order valence-corrected chi connectivity index (χ0v) is 13.3. The summed E-state index contributed by atoms with van der Waals surface area (Å²) in [5.74, 6) is 1.78. The van der Waals surface area contributed by atoms with Crippen molar-refractivity contribution < 1.29 is 0 Å². The smallest absolute Gasteiger partial charge is 0.0117 e. The van der Waals surface area contributed by atoms with Crippen LogP contribution in [0.2, 0.25) is 0 Å². The van der Waals surface area contributed by atoms with E-state index in [0.717, 1.165) is 23.9 Å². The second kappa shape index (κ2) is 7.64. The molecule has 2 aliphatic rings. The lowest BCUT2D eigenvalue weighted by molar-refractivity contribution is 0.0700. The Morgan fingerprint density at radius 3 is 2.53 bits per heavy atom. The number of likely N-dealkylation sites (tertiary alicyclic amines) is 1. The van der Waals surface area contributed by atoms with Crippen molar-refractivity contribution in [3.8, 4) is 0 Å². The van der Waals surface area contributed by atoms with E-state index in [4.69, 9.17) is 0 Å². The number of rotatable bonds is 5. The maximum atomic E-state index is 3.73. The van der Waals surface area contributed by atoms with E-state index in [1.54, 1.807) is 0 Å². The summed E-state index contributed by atoms with van der Waals surface area (Å²) in [6.07, 6.45) is 9.97. The van der Waals surface area contributed by atoms with Crippen molar-refractivity contribution in [3.05, 3.63) is 0 Å². The van der Waals surface area contributed by atoms with E-state index in [9.17, 15) is 0 Å². The van der Waals surface area contributed by atoms with Gasteiger partial charge in [-0.1, -0.05) is 33.1 Å². The summed E-state index contributed by atoms with van der Waals surface area (Å²) in [7, 11) is 0. The number of piperidine rings is 1. The SMILES string of the molecule is CCCNC1CCN(C(C)C2CCCCC2)CC1C. The standard InChI is InChI=1S/C17H34N2/c1-4-11-18-17-10-12-19(13-14(17)2)15(3)16-8-6-5-7-9-16/h14-18H,4-13H2,1-3H3. The van der Waals surface area contributed by atoms with Crippen LogP contribution < -0.4 is 5.32 Å². The van der Waals surface area contributed by atoms with Crippen LogP contribution in [0, 0.1) is 11.8 Å². The second-order valence-electron chi connectivity index (χ2n) is 6.96. The van der Waals surface area contributed by atoms with E-state index in [1.165, 1.54) is 64.6 Å². The summed E-state index contributed by atoms with van der Waals surface area (Å²) in [6, 6.07) is 1.57. The van der Waals surface area contributed by atoms with Gasteiger partial charge in [0.25, 0.3) is 0 Å². The van der Waals surface area contributed by atoms with Gasteiger partial charge in [0.2, 0.25) is 0 Å². The first-order valence-electron chi connectivity index (χ1n) is 8.69. The van der Waals surface area contributed by atoms with E-state index in [-0.39, 0.29) is 0 Å². The maximum Gasteiger partial charge on any atom is 0.0117 e. The zero-order chi connectivity index (χ0) is 13.7. The minimum Gasteiger partial charge on any atom is -0.314 e. The first kappa shape index (κ1) is 15.3. The summed E-state index contributed by atoms with van der Waals surface area (Å²) in [5, 5.41) is 3.73. The lowest BCUT2D eigenvalue weighted by Gasteiger charge is -2.43. The molecule has 1 N–H and O–H groups in total. The van der Waals surface area contributed by atoms with Crippen molar-refractivity contribution >= 4 is 0 Å². The van der Waals surface area contributed by atoms with Gasteiger partial charge in [0, 0.05) is 18.6 Å². The van der Waals surface area contributed by atoms with Gasteiger partial charge in [0.05, 0.1) is 0 Å². The summed E-state index contributed by atoms with van der Waals surface area (Å²) in [5.41, 5.74) is 0. The molecule has 1 heterocycles. The third kappa shape index (κ3) is 4.19. The molecule has 1 aliphatic carbocycles. The Balaban J connectivity index is 1.79. The van der Waals surface area contributed by atoms with Crippen molar-refractivity contribution in [2.24, 2.45) is 11.8 Å². The Labute approximate surface area is 120 Å². The molecule has 2 nitrogen and oxygen atoms in total. The molecule has 0 aromatic rings. The number of nitrogens with one attached hydrogen (secondary N) is 1. The fourth-order valence-electron chi connectivity index (χ4n) is 4.10. The van der Waals surface area contributed by atoms with Crippen molar-refractivity contribution in [1.29, 1.82) is 0 Å². The molecular formula is C17H34N2. The quantitative estimate of drug-likeness (QED) is 0.817. The molecule has 0 bridgehead atoms. The summed E-state index contributed by atoms with van der Waals surface area (Å²) in [6.45, 7) is 11.0. The predicted octanol–water partition coefficient (Wildman–Crippen LogP) is 3.67. The molecule has 1 saturated heterocycles. The molecule has 3 atom stereocenters. The van der Waals surface area contributed by atoms with Gasteiger partial charge >= 0.3 is 0 Å². The third-order valence-electron chi connectivity index (χ3n) is 5.50. The molecule has 2 rings (SSSR count). The van der Waals surface area contributed by atoms with Crippen molar-refractivity contribution in [1.82, 2.24) is 10.2 Å². The van der Waals surface area contributed by atoms with Crippen molar-refractivity contribution in [3.63, 3.8) is 0 Å². The highest BCUT2D eigenvalue weighted by Gasteiger charge is 2.31. The van der Waals surface area contributed by atoms with Crippen LogP contribution in [0.4, 0.5) is 0 Å². The molecule has 0 radical (unpaired) electrons. The molecule has 112 valence electrons. The molecule has 0 aromatic heterocycles. The van der Waals surface area contributed by atoms with Gasteiger partial charge in [-0.2, -0.15) is 0 Å². The number of hydrogen-bond donors (Lipinski definition) is 1. The summed E-state index contributed by atoms with van der Waals surface area (Å²) in [4.78, 5) is 2.78. The van der Waals surface area contributed by atoms with Crippen LogP contribution >= 0.6 is 0 Å². The Kier molecular flexibility index (Phi) is 6.15. The van der Waals surface area contributed by atoms with Crippen LogP contribution in [0.25, 0.3) is 0 Å². The average molecular weight is 266 g/mol. The first-order valence-corrected chi connectivity index (χ1v) is 8.69. The molecule has 1 saturated carbocycles. The molecule has 0 amide bonds. The molecule has 0 aromatic carbocycles. The minimum absolute atomic E-state index is 0.759. The first-order chi connectivity index (χ1) is 9.22. The van der Waals surface area contributed by atoms with E-state index >= 15 is 0 Å². The molecule has 2 fully saturated rings. The molecule has 0 spiro atoms. The van der Waals surface area contributed by atoms with Gasteiger partial charge in [0.15, 0.2) is 0 Å². The normalized spacial score (nSPS) is 32.4. The molecule has 2 heteroatoms. The zero-order valence-electron chi connectivity index (χ0n) is 13.3. The van der Waals surface area contributed by atoms with Crippen molar-refractivity contribution in [2.45, 2.75) is 77.8 Å². The fourth-order valence-corrected chi connectivity index (χ4v) is 4.10. The van der Waals surface area contributed by atoms with Crippen LogP contribution in [0.15, 0.2) is 0 Å². The Hall–Kier alpha value is -0.0800. The van der Waals surface area contributed by atoms with Crippen LogP contribution in [0.1, 0.15) is 65.7 Å². The highest BCUT2D eigenvalue weighted by Crippen LogP contribution is 2.31. The third-order valence-corrected chi connectivity index (χ3v) is 5.50. The lowest BCUT2D eigenvalue weighted by atomic mass is 9.82. The van der Waals surface area contributed by atoms with Crippen LogP contribution in [0.3, 0.4) is 0 Å². The topological polar surface area (TPSA) is 15.3 Å². The van der Waals surface area contributed by atoms with Crippen LogP contribution in [-0.2, 0) is 0 Å². The average Bonchev–Trinajstić information content (AvgIpc) is 2.46. The van der Waals surface area contributed by atoms with E-state index in [1.807, 2.05) is 0 Å². The number of hydrogen-bond acceptors (Lipinski definition) is 2. The lowest BCUT2D eigenvalue weighted by Crippen LogP contribution is -2.52. The maximum absolute atomic E-state index is 3.73. The van der Waals surface area contributed by atoms with Gasteiger partial charge in [-0.05, 0) is 57.5 Å².